The summed E-state index contributed by atoms with van der Waals surface area (Å²) in [4.78, 5) is 18.3. The summed E-state index contributed by atoms with van der Waals surface area (Å²) in [7, 11) is -3.69. The number of sulfonamides is 1. The van der Waals surface area contributed by atoms with Gasteiger partial charge in [-0.3, -0.25) is 4.79 Å². The molecule has 1 amide bonds. The summed E-state index contributed by atoms with van der Waals surface area (Å²) in [5.74, 6) is 0.110. The average Bonchev–Trinajstić information content (AvgIpc) is 3.16. The third-order valence-electron chi connectivity index (χ3n) is 4.07. The van der Waals surface area contributed by atoms with E-state index in [1.165, 1.54) is 15.6 Å². The Morgan fingerprint density at radius 3 is 2.67 bits per heavy atom. The van der Waals surface area contributed by atoms with Crippen LogP contribution in [-0.4, -0.2) is 59.3 Å². The standard InChI is InChI=1S/C14H18N4O4S2/c1-9-6-17(24(20,21)13-10(2)16-22-11(13)3)4-5-18(9)14(19)12-7-23-8-15-12/h7-9H,4-6H2,1-3H3/t9-/m0/s1. The Labute approximate surface area is 144 Å². The first-order chi connectivity index (χ1) is 11.3. The third kappa shape index (κ3) is 2.85. The lowest BCUT2D eigenvalue weighted by molar-refractivity contribution is 0.0586. The van der Waals surface area contributed by atoms with Crippen LogP contribution in [0.15, 0.2) is 20.3 Å². The summed E-state index contributed by atoms with van der Waals surface area (Å²) in [5.41, 5.74) is 2.35. The lowest BCUT2D eigenvalue weighted by atomic mass is 10.2. The van der Waals surface area contributed by atoms with Crippen LogP contribution >= 0.6 is 11.3 Å². The first kappa shape index (κ1) is 17.1. The molecule has 0 radical (unpaired) electrons. The molecule has 1 aliphatic heterocycles. The second kappa shape index (κ2) is 6.26. The molecule has 2 aromatic heterocycles. The van der Waals surface area contributed by atoms with E-state index >= 15 is 0 Å². The molecule has 3 rings (SSSR count). The van der Waals surface area contributed by atoms with Crippen LogP contribution in [0.1, 0.15) is 28.9 Å². The number of rotatable bonds is 3. The highest BCUT2D eigenvalue weighted by atomic mass is 32.2. The van der Waals surface area contributed by atoms with Crippen molar-refractivity contribution in [2.24, 2.45) is 0 Å². The number of carbonyl (C=O) groups is 1. The summed E-state index contributed by atoms with van der Waals surface area (Å²) >= 11 is 1.36. The number of amides is 1. The Morgan fingerprint density at radius 1 is 1.38 bits per heavy atom. The fraction of sp³-hybridized carbons (Fsp3) is 0.500. The minimum absolute atomic E-state index is 0.119. The van der Waals surface area contributed by atoms with Gasteiger partial charge in [0.1, 0.15) is 16.3 Å². The quantitative estimate of drug-likeness (QED) is 0.807. The molecule has 0 N–H and O–H groups in total. The van der Waals surface area contributed by atoms with Gasteiger partial charge in [-0.15, -0.1) is 11.3 Å². The molecular formula is C14H18N4O4S2. The SMILES string of the molecule is Cc1noc(C)c1S(=O)(=O)N1CCN(C(=O)c2cscn2)[C@@H](C)C1. The zero-order chi connectivity index (χ0) is 17.5. The zero-order valence-electron chi connectivity index (χ0n) is 13.6. The molecule has 24 heavy (non-hydrogen) atoms. The maximum Gasteiger partial charge on any atom is 0.273 e. The van der Waals surface area contributed by atoms with Gasteiger partial charge in [0.2, 0.25) is 10.0 Å². The monoisotopic (exact) mass is 370 g/mol. The Bertz CT molecular complexity index is 825. The highest BCUT2D eigenvalue weighted by Gasteiger charge is 2.37. The molecule has 8 nitrogen and oxygen atoms in total. The van der Waals surface area contributed by atoms with Crippen LogP contribution in [0.25, 0.3) is 0 Å². The summed E-state index contributed by atoms with van der Waals surface area (Å²) in [6.07, 6.45) is 0. The van der Waals surface area contributed by atoms with E-state index in [1.54, 1.807) is 29.6 Å². The molecule has 0 bridgehead atoms. The van der Waals surface area contributed by atoms with Crippen molar-refractivity contribution in [1.29, 1.82) is 0 Å². The second-order valence-electron chi connectivity index (χ2n) is 5.74. The normalized spacial score (nSPS) is 19.6. The van der Waals surface area contributed by atoms with Gasteiger partial charge in [0.15, 0.2) is 5.76 Å². The first-order valence-electron chi connectivity index (χ1n) is 7.44. The lowest BCUT2D eigenvalue weighted by Crippen LogP contribution is -2.55. The van der Waals surface area contributed by atoms with Crippen molar-refractivity contribution < 1.29 is 17.7 Å². The van der Waals surface area contributed by atoms with Gasteiger partial charge < -0.3 is 9.42 Å². The zero-order valence-corrected chi connectivity index (χ0v) is 15.2. The molecule has 2 aromatic rings. The van der Waals surface area contributed by atoms with Crippen LogP contribution in [0.5, 0.6) is 0 Å². The van der Waals surface area contributed by atoms with Crippen LogP contribution in [0.2, 0.25) is 0 Å². The summed E-state index contributed by atoms with van der Waals surface area (Å²) in [6, 6.07) is -0.247. The van der Waals surface area contributed by atoms with Gasteiger partial charge in [-0.05, 0) is 20.8 Å². The Balaban J connectivity index is 1.79. The van der Waals surface area contributed by atoms with Crippen molar-refractivity contribution in [3.05, 3.63) is 28.0 Å². The van der Waals surface area contributed by atoms with Gasteiger partial charge in [0.05, 0.1) is 5.51 Å². The van der Waals surface area contributed by atoms with E-state index < -0.39 is 10.0 Å². The van der Waals surface area contributed by atoms with Gasteiger partial charge in [0, 0.05) is 31.1 Å². The molecule has 1 aliphatic rings. The molecular weight excluding hydrogens is 352 g/mol. The van der Waals surface area contributed by atoms with Crippen molar-refractivity contribution in [3.8, 4) is 0 Å². The number of aryl methyl sites for hydroxylation is 2. The molecule has 0 unspecified atom stereocenters. The first-order valence-corrected chi connectivity index (χ1v) is 9.83. The van der Waals surface area contributed by atoms with Crippen LogP contribution in [0, 0.1) is 13.8 Å². The number of aromatic nitrogens is 2. The van der Waals surface area contributed by atoms with Crippen LogP contribution < -0.4 is 0 Å². The molecule has 0 spiro atoms. The maximum absolute atomic E-state index is 12.9. The van der Waals surface area contributed by atoms with Gasteiger partial charge in [-0.1, -0.05) is 5.16 Å². The molecule has 0 aliphatic carbocycles. The van der Waals surface area contributed by atoms with E-state index in [9.17, 15) is 13.2 Å². The molecule has 0 saturated carbocycles. The van der Waals surface area contributed by atoms with Crippen molar-refractivity contribution >= 4 is 27.3 Å². The third-order valence-corrected chi connectivity index (χ3v) is 6.76. The Hall–Kier alpha value is -1.78. The minimum Gasteiger partial charge on any atom is -0.360 e. The molecule has 1 atom stereocenters. The van der Waals surface area contributed by atoms with Gasteiger partial charge in [-0.2, -0.15) is 4.31 Å². The molecule has 3 heterocycles. The number of hydrogen-bond donors (Lipinski definition) is 0. The number of thiazole rings is 1. The maximum atomic E-state index is 12.9. The summed E-state index contributed by atoms with van der Waals surface area (Å²) < 4.78 is 32.1. The van der Waals surface area contributed by atoms with Gasteiger partial charge in [-0.25, -0.2) is 13.4 Å². The number of hydrogen-bond acceptors (Lipinski definition) is 7. The van der Waals surface area contributed by atoms with Crippen LogP contribution in [0.4, 0.5) is 0 Å². The lowest BCUT2D eigenvalue weighted by Gasteiger charge is -2.38. The summed E-state index contributed by atoms with van der Waals surface area (Å²) in [5, 5.41) is 5.42. The highest BCUT2D eigenvalue weighted by molar-refractivity contribution is 7.89. The van der Waals surface area contributed by atoms with Gasteiger partial charge >= 0.3 is 0 Å². The van der Waals surface area contributed by atoms with Crippen molar-refractivity contribution in [3.63, 3.8) is 0 Å². The van der Waals surface area contributed by atoms with E-state index in [0.717, 1.165) is 0 Å². The predicted octanol–water partition coefficient (Wildman–Crippen LogP) is 1.28. The fourth-order valence-electron chi connectivity index (χ4n) is 2.88. The highest BCUT2D eigenvalue weighted by Crippen LogP contribution is 2.26. The van der Waals surface area contributed by atoms with Crippen LogP contribution in [0.3, 0.4) is 0 Å². The van der Waals surface area contributed by atoms with E-state index in [2.05, 4.69) is 10.1 Å². The smallest absolute Gasteiger partial charge is 0.273 e. The topological polar surface area (TPSA) is 96.6 Å². The Kier molecular flexibility index (Phi) is 4.45. The van der Waals surface area contributed by atoms with E-state index in [4.69, 9.17) is 4.52 Å². The fourth-order valence-corrected chi connectivity index (χ4v) is 5.21. The minimum atomic E-state index is -3.69. The van der Waals surface area contributed by atoms with Crippen molar-refractivity contribution in [2.75, 3.05) is 19.6 Å². The van der Waals surface area contributed by atoms with Gasteiger partial charge in [0.25, 0.3) is 5.91 Å². The van der Waals surface area contributed by atoms with E-state index in [-0.39, 0.29) is 35.7 Å². The number of carbonyl (C=O) groups excluding carboxylic acids is 1. The number of nitrogens with zero attached hydrogens (tertiary/aromatic N) is 4. The van der Waals surface area contributed by atoms with Crippen molar-refractivity contribution in [1.82, 2.24) is 19.3 Å². The number of piperazine rings is 1. The van der Waals surface area contributed by atoms with Crippen LogP contribution in [-0.2, 0) is 10.0 Å². The molecule has 1 saturated heterocycles. The second-order valence-corrected chi connectivity index (χ2v) is 8.33. The van der Waals surface area contributed by atoms with E-state index in [1.807, 2.05) is 6.92 Å². The molecule has 130 valence electrons. The summed E-state index contributed by atoms with van der Waals surface area (Å²) in [6.45, 7) is 5.79. The molecule has 1 fully saturated rings. The van der Waals surface area contributed by atoms with Crippen molar-refractivity contribution in [2.45, 2.75) is 31.7 Å². The van der Waals surface area contributed by atoms with E-state index in [0.29, 0.717) is 17.9 Å². The Morgan fingerprint density at radius 2 is 2.12 bits per heavy atom. The predicted molar refractivity (Wildman–Crippen MR) is 87.3 cm³/mol. The molecule has 0 aromatic carbocycles. The molecule has 10 heteroatoms. The average molecular weight is 370 g/mol. The largest absolute Gasteiger partial charge is 0.360 e.